The highest BCUT2D eigenvalue weighted by molar-refractivity contribution is 7.13. The molecule has 5 heteroatoms. The number of nitrogens with zero attached hydrogens (tertiary/aromatic N) is 2. The van der Waals surface area contributed by atoms with Crippen LogP contribution in [0.2, 0.25) is 0 Å². The lowest BCUT2D eigenvalue weighted by Gasteiger charge is -2.12. The number of thiazole rings is 1. The summed E-state index contributed by atoms with van der Waals surface area (Å²) in [5, 5.41) is 13.8. The molecule has 2 aromatic heterocycles. The van der Waals surface area contributed by atoms with Crippen molar-refractivity contribution < 1.29 is 9.90 Å². The number of benzene rings is 2. The van der Waals surface area contributed by atoms with Gasteiger partial charge < -0.3 is 9.67 Å². The number of carbonyl (C=O) groups is 1. The quantitative estimate of drug-likeness (QED) is 0.434. The maximum atomic E-state index is 11.5. The van der Waals surface area contributed by atoms with Gasteiger partial charge in [-0.2, -0.15) is 0 Å². The summed E-state index contributed by atoms with van der Waals surface area (Å²) in [6.45, 7) is 0. The summed E-state index contributed by atoms with van der Waals surface area (Å²) in [6.07, 6.45) is 4.87. The number of aromatic nitrogens is 2. The average Bonchev–Trinajstić information content (AvgIpc) is 3.48. The van der Waals surface area contributed by atoms with Gasteiger partial charge in [-0.15, -0.1) is 11.3 Å². The molecule has 0 bridgehead atoms. The Hall–Kier alpha value is -2.92. The molecule has 0 aliphatic heterocycles. The van der Waals surface area contributed by atoms with Crippen LogP contribution in [0, 0.1) is 0 Å². The van der Waals surface area contributed by atoms with E-state index in [0.29, 0.717) is 11.5 Å². The molecule has 2 heterocycles. The third-order valence-electron chi connectivity index (χ3n) is 6.02. The molecule has 0 unspecified atom stereocenters. The van der Waals surface area contributed by atoms with Gasteiger partial charge in [0.05, 0.1) is 17.0 Å². The number of aromatic carboxylic acids is 1. The van der Waals surface area contributed by atoms with Gasteiger partial charge >= 0.3 is 5.97 Å². The van der Waals surface area contributed by atoms with Gasteiger partial charge in [-0.1, -0.05) is 49.2 Å². The molecule has 1 fully saturated rings. The Morgan fingerprint density at radius 2 is 1.90 bits per heavy atom. The maximum Gasteiger partial charge on any atom is 0.335 e. The fourth-order valence-electron chi connectivity index (χ4n) is 4.63. The first kappa shape index (κ1) is 18.1. The summed E-state index contributed by atoms with van der Waals surface area (Å²) >= 11 is 1.66. The lowest BCUT2D eigenvalue weighted by Crippen LogP contribution is -1.98. The summed E-state index contributed by atoms with van der Waals surface area (Å²) in [7, 11) is 2.03. The summed E-state index contributed by atoms with van der Waals surface area (Å²) in [4.78, 5) is 16.5. The Morgan fingerprint density at radius 1 is 1.14 bits per heavy atom. The second kappa shape index (κ2) is 7.16. The molecule has 5 rings (SSSR count). The second-order valence-corrected chi connectivity index (χ2v) is 8.60. The molecule has 1 saturated carbocycles. The molecule has 4 aromatic rings. The summed E-state index contributed by atoms with van der Waals surface area (Å²) < 4.78 is 2.14. The van der Waals surface area contributed by atoms with Crippen LogP contribution < -0.4 is 0 Å². The smallest absolute Gasteiger partial charge is 0.335 e. The molecule has 0 atom stereocenters. The van der Waals surface area contributed by atoms with Gasteiger partial charge in [0, 0.05) is 28.9 Å². The highest BCUT2D eigenvalue weighted by Gasteiger charge is 2.28. The van der Waals surface area contributed by atoms with Gasteiger partial charge in [0.2, 0.25) is 0 Å². The zero-order valence-electron chi connectivity index (χ0n) is 16.3. The van der Waals surface area contributed by atoms with E-state index in [4.69, 9.17) is 4.98 Å². The van der Waals surface area contributed by atoms with Crippen molar-refractivity contribution in [1.82, 2.24) is 9.55 Å². The molecule has 0 saturated heterocycles. The molecular weight excluding hydrogens is 380 g/mol. The van der Waals surface area contributed by atoms with E-state index >= 15 is 0 Å². The van der Waals surface area contributed by atoms with Gasteiger partial charge in [-0.05, 0) is 36.5 Å². The van der Waals surface area contributed by atoms with Gasteiger partial charge in [0.15, 0.2) is 0 Å². The standard InChI is InChI=1S/C24H22N2O2S/c1-26-20-13-17(24(27)28)11-12-18(20)21(15-7-5-6-8-15)22(26)19-14-29-23(25-19)16-9-3-2-4-10-16/h2-4,9-15H,5-8H2,1H3,(H,27,28). The van der Waals surface area contributed by atoms with E-state index in [2.05, 4.69) is 22.1 Å². The van der Waals surface area contributed by atoms with Crippen molar-refractivity contribution in [1.29, 1.82) is 0 Å². The molecule has 0 radical (unpaired) electrons. The predicted molar refractivity (Wildman–Crippen MR) is 118 cm³/mol. The minimum Gasteiger partial charge on any atom is -0.478 e. The first-order valence-electron chi connectivity index (χ1n) is 10.0. The molecule has 1 aliphatic rings. The van der Waals surface area contributed by atoms with Gasteiger partial charge in [0.25, 0.3) is 0 Å². The number of hydrogen-bond acceptors (Lipinski definition) is 3. The zero-order chi connectivity index (χ0) is 20.0. The average molecular weight is 403 g/mol. The van der Waals surface area contributed by atoms with E-state index in [1.807, 2.05) is 31.3 Å². The normalized spacial score (nSPS) is 14.7. The van der Waals surface area contributed by atoms with Crippen molar-refractivity contribution in [2.45, 2.75) is 31.6 Å². The lowest BCUT2D eigenvalue weighted by atomic mass is 9.93. The van der Waals surface area contributed by atoms with Crippen LogP contribution in [0.1, 0.15) is 47.5 Å². The van der Waals surface area contributed by atoms with Crippen LogP contribution in [-0.4, -0.2) is 20.6 Å². The third kappa shape index (κ3) is 3.06. The summed E-state index contributed by atoms with van der Waals surface area (Å²) in [6, 6.07) is 15.8. The molecule has 146 valence electrons. The zero-order valence-corrected chi connectivity index (χ0v) is 17.1. The van der Waals surface area contributed by atoms with E-state index in [1.165, 1.54) is 31.2 Å². The van der Waals surface area contributed by atoms with Gasteiger partial charge in [0.1, 0.15) is 5.01 Å². The van der Waals surface area contributed by atoms with Crippen LogP contribution in [0.25, 0.3) is 32.9 Å². The number of hydrogen-bond donors (Lipinski definition) is 1. The van der Waals surface area contributed by atoms with E-state index in [0.717, 1.165) is 32.9 Å². The van der Waals surface area contributed by atoms with Crippen molar-refractivity contribution >= 4 is 28.2 Å². The van der Waals surface area contributed by atoms with Crippen molar-refractivity contribution in [3.05, 3.63) is 65.0 Å². The summed E-state index contributed by atoms with van der Waals surface area (Å²) in [5.74, 6) is -0.386. The van der Waals surface area contributed by atoms with Gasteiger partial charge in [-0.3, -0.25) is 0 Å². The maximum absolute atomic E-state index is 11.5. The molecule has 0 spiro atoms. The molecule has 4 nitrogen and oxygen atoms in total. The van der Waals surface area contributed by atoms with Crippen molar-refractivity contribution in [3.8, 4) is 22.0 Å². The number of rotatable bonds is 4. The number of aryl methyl sites for hydroxylation is 1. The Morgan fingerprint density at radius 3 is 2.62 bits per heavy atom. The minimum atomic E-state index is -0.892. The molecule has 2 aromatic carbocycles. The van der Waals surface area contributed by atoms with Crippen molar-refractivity contribution in [2.75, 3.05) is 0 Å². The predicted octanol–water partition coefficient (Wildman–Crippen LogP) is 6.32. The van der Waals surface area contributed by atoms with Crippen molar-refractivity contribution in [3.63, 3.8) is 0 Å². The molecule has 1 N–H and O–H groups in total. The molecule has 1 aliphatic carbocycles. The fraction of sp³-hybridized carbons (Fsp3) is 0.250. The topological polar surface area (TPSA) is 55.1 Å². The summed E-state index contributed by atoms with van der Waals surface area (Å²) in [5.41, 5.74) is 5.86. The van der Waals surface area contributed by atoms with E-state index in [1.54, 1.807) is 23.5 Å². The fourth-order valence-corrected chi connectivity index (χ4v) is 5.44. The minimum absolute atomic E-state index is 0.325. The number of carboxylic acids is 1. The first-order valence-corrected chi connectivity index (χ1v) is 10.9. The molecular formula is C24H22N2O2S. The van der Waals surface area contributed by atoms with Gasteiger partial charge in [-0.25, -0.2) is 9.78 Å². The number of carboxylic acid groups (broad SMARTS) is 1. The van der Waals surface area contributed by atoms with E-state index in [-0.39, 0.29) is 0 Å². The largest absolute Gasteiger partial charge is 0.478 e. The first-order chi connectivity index (χ1) is 14.1. The number of fused-ring (bicyclic) bond motifs is 1. The van der Waals surface area contributed by atoms with Crippen LogP contribution in [0.4, 0.5) is 0 Å². The van der Waals surface area contributed by atoms with Crippen LogP contribution in [-0.2, 0) is 7.05 Å². The molecule has 0 amide bonds. The Kier molecular flexibility index (Phi) is 4.47. The highest BCUT2D eigenvalue weighted by Crippen LogP contribution is 2.45. The third-order valence-corrected chi connectivity index (χ3v) is 6.91. The lowest BCUT2D eigenvalue weighted by molar-refractivity contribution is 0.0697. The Balaban J connectivity index is 1.72. The van der Waals surface area contributed by atoms with Crippen LogP contribution in [0.3, 0.4) is 0 Å². The SMILES string of the molecule is Cn1c(-c2csc(-c3ccccc3)n2)c(C2CCCC2)c2ccc(C(=O)O)cc21. The highest BCUT2D eigenvalue weighted by atomic mass is 32.1. The van der Waals surface area contributed by atoms with Crippen LogP contribution >= 0.6 is 11.3 Å². The second-order valence-electron chi connectivity index (χ2n) is 7.74. The van der Waals surface area contributed by atoms with E-state index in [9.17, 15) is 9.90 Å². The Bertz CT molecular complexity index is 1200. The monoisotopic (exact) mass is 402 g/mol. The van der Waals surface area contributed by atoms with Crippen LogP contribution in [0.5, 0.6) is 0 Å². The molecule has 29 heavy (non-hydrogen) atoms. The van der Waals surface area contributed by atoms with Crippen molar-refractivity contribution in [2.24, 2.45) is 7.05 Å². The Labute approximate surface area is 173 Å². The van der Waals surface area contributed by atoms with Crippen LogP contribution in [0.15, 0.2) is 53.9 Å². The van der Waals surface area contributed by atoms with E-state index < -0.39 is 5.97 Å².